The summed E-state index contributed by atoms with van der Waals surface area (Å²) >= 11 is 0. The van der Waals surface area contributed by atoms with Crippen LogP contribution < -0.4 is 11.1 Å². The Morgan fingerprint density at radius 1 is 1.12 bits per heavy atom. The summed E-state index contributed by atoms with van der Waals surface area (Å²) in [6.07, 6.45) is 1.02. The molecule has 0 aliphatic rings. The number of nitrogens with two attached hydrogens (primary N) is 1. The lowest BCUT2D eigenvalue weighted by molar-refractivity contribution is 1.14. The number of hydrogen-bond acceptors (Lipinski definition) is 2. The predicted octanol–water partition coefficient (Wildman–Crippen LogP) is 3.88. The average Bonchev–Trinajstić information content (AvgIpc) is 2.34. The third-order valence-corrected chi connectivity index (χ3v) is 2.95. The Morgan fingerprint density at radius 3 is 2.59 bits per heavy atom. The van der Waals surface area contributed by atoms with Crippen LogP contribution in [0.15, 0.2) is 42.5 Å². The number of nitrogen functional groups attached to an aromatic ring is 1. The van der Waals surface area contributed by atoms with Gasteiger partial charge < -0.3 is 11.1 Å². The van der Waals surface area contributed by atoms with Crippen LogP contribution in [0.3, 0.4) is 0 Å². The van der Waals surface area contributed by atoms with Gasteiger partial charge in [-0.3, -0.25) is 0 Å². The number of benzene rings is 2. The highest BCUT2D eigenvalue weighted by Crippen LogP contribution is 2.23. The molecule has 2 heteroatoms. The fraction of sp³-hybridized carbons (Fsp3) is 0.200. The molecule has 0 aromatic heterocycles. The molecule has 0 amide bonds. The monoisotopic (exact) mass is 226 g/mol. The zero-order valence-electron chi connectivity index (χ0n) is 10.3. The Kier molecular flexibility index (Phi) is 3.33. The minimum atomic E-state index is 0.833. The van der Waals surface area contributed by atoms with Crippen LogP contribution in [0.1, 0.15) is 18.1 Å². The van der Waals surface area contributed by atoms with E-state index in [1.807, 2.05) is 25.1 Å². The van der Waals surface area contributed by atoms with E-state index in [0.717, 1.165) is 23.4 Å². The maximum Gasteiger partial charge on any atom is 0.0416 e. The first-order chi connectivity index (χ1) is 8.20. The smallest absolute Gasteiger partial charge is 0.0416 e. The number of aryl methyl sites for hydroxylation is 2. The molecule has 0 heterocycles. The molecule has 0 bridgehead atoms. The van der Waals surface area contributed by atoms with Crippen molar-refractivity contribution < 1.29 is 0 Å². The van der Waals surface area contributed by atoms with E-state index >= 15 is 0 Å². The molecule has 0 atom stereocenters. The highest BCUT2D eigenvalue weighted by Gasteiger charge is 2.01. The zero-order chi connectivity index (χ0) is 12.3. The second-order valence-corrected chi connectivity index (χ2v) is 4.21. The summed E-state index contributed by atoms with van der Waals surface area (Å²) in [6, 6.07) is 14.4. The van der Waals surface area contributed by atoms with Gasteiger partial charge >= 0.3 is 0 Å². The first kappa shape index (κ1) is 11.5. The van der Waals surface area contributed by atoms with Gasteiger partial charge in [0.05, 0.1) is 0 Å². The molecule has 0 aliphatic carbocycles. The molecule has 0 saturated heterocycles. The van der Waals surface area contributed by atoms with Gasteiger partial charge in [-0.05, 0) is 48.7 Å². The van der Waals surface area contributed by atoms with Crippen LogP contribution in [-0.4, -0.2) is 0 Å². The molecule has 0 radical (unpaired) electrons. The topological polar surface area (TPSA) is 38.0 Å². The van der Waals surface area contributed by atoms with E-state index in [1.165, 1.54) is 11.3 Å². The normalized spacial score (nSPS) is 10.2. The predicted molar refractivity (Wildman–Crippen MR) is 74.7 cm³/mol. The van der Waals surface area contributed by atoms with Crippen LogP contribution in [0.2, 0.25) is 0 Å². The molecule has 0 aliphatic heterocycles. The summed E-state index contributed by atoms with van der Waals surface area (Å²) in [5.41, 5.74) is 11.3. The minimum absolute atomic E-state index is 0.833. The van der Waals surface area contributed by atoms with Crippen molar-refractivity contribution in [2.24, 2.45) is 0 Å². The third-order valence-electron chi connectivity index (χ3n) is 2.95. The summed E-state index contributed by atoms with van der Waals surface area (Å²) in [5.74, 6) is 0. The van der Waals surface area contributed by atoms with Gasteiger partial charge in [0, 0.05) is 17.1 Å². The Balaban J connectivity index is 2.28. The Bertz CT molecular complexity index is 518. The minimum Gasteiger partial charge on any atom is -0.399 e. The summed E-state index contributed by atoms with van der Waals surface area (Å²) in [6.45, 7) is 4.18. The molecule has 2 nitrogen and oxygen atoms in total. The van der Waals surface area contributed by atoms with E-state index < -0.39 is 0 Å². The van der Waals surface area contributed by atoms with E-state index in [4.69, 9.17) is 5.73 Å². The lowest BCUT2D eigenvalue weighted by atomic mass is 10.1. The Hall–Kier alpha value is -1.96. The zero-order valence-corrected chi connectivity index (χ0v) is 10.3. The molecule has 0 spiro atoms. The largest absolute Gasteiger partial charge is 0.399 e. The van der Waals surface area contributed by atoms with Gasteiger partial charge in [0.15, 0.2) is 0 Å². The molecule has 0 unspecified atom stereocenters. The van der Waals surface area contributed by atoms with Crippen LogP contribution in [0.4, 0.5) is 17.1 Å². The molecule has 3 N–H and O–H groups in total. The second-order valence-electron chi connectivity index (χ2n) is 4.21. The highest BCUT2D eigenvalue weighted by molar-refractivity contribution is 5.66. The molecular weight excluding hydrogens is 208 g/mol. The summed E-state index contributed by atoms with van der Waals surface area (Å²) in [7, 11) is 0. The van der Waals surface area contributed by atoms with E-state index in [1.54, 1.807) is 0 Å². The van der Waals surface area contributed by atoms with Gasteiger partial charge in [0.1, 0.15) is 0 Å². The van der Waals surface area contributed by atoms with Gasteiger partial charge in [-0.2, -0.15) is 0 Å². The quantitative estimate of drug-likeness (QED) is 0.779. The second kappa shape index (κ2) is 4.91. The van der Waals surface area contributed by atoms with Gasteiger partial charge in [-0.15, -0.1) is 0 Å². The fourth-order valence-corrected chi connectivity index (χ4v) is 1.86. The van der Waals surface area contributed by atoms with Crippen LogP contribution in [-0.2, 0) is 6.42 Å². The number of hydrogen-bond donors (Lipinski definition) is 2. The fourth-order valence-electron chi connectivity index (χ4n) is 1.86. The number of anilines is 3. The van der Waals surface area contributed by atoms with Crippen LogP contribution in [0.5, 0.6) is 0 Å². The first-order valence-electron chi connectivity index (χ1n) is 5.91. The summed E-state index contributed by atoms with van der Waals surface area (Å²) in [4.78, 5) is 0. The standard InChI is InChI=1S/C15H18N2/c1-3-12-6-4-5-7-15(12)17-13-8-9-14(16)11(2)10-13/h4-10,17H,3,16H2,1-2H3. The Labute approximate surface area is 102 Å². The van der Waals surface area contributed by atoms with E-state index in [0.29, 0.717) is 0 Å². The van der Waals surface area contributed by atoms with Crippen molar-refractivity contribution in [3.63, 3.8) is 0 Å². The van der Waals surface area contributed by atoms with Gasteiger partial charge in [-0.1, -0.05) is 25.1 Å². The van der Waals surface area contributed by atoms with Crippen LogP contribution in [0.25, 0.3) is 0 Å². The molecule has 2 rings (SSSR count). The number of nitrogens with one attached hydrogen (secondary N) is 1. The maximum atomic E-state index is 5.81. The molecular formula is C15H18N2. The SMILES string of the molecule is CCc1ccccc1Nc1ccc(N)c(C)c1. The van der Waals surface area contributed by atoms with Gasteiger partial charge in [0.25, 0.3) is 0 Å². The lowest BCUT2D eigenvalue weighted by Crippen LogP contribution is -1.96. The molecule has 0 saturated carbocycles. The Morgan fingerprint density at radius 2 is 1.88 bits per heavy atom. The lowest BCUT2D eigenvalue weighted by Gasteiger charge is -2.12. The van der Waals surface area contributed by atoms with Crippen LogP contribution >= 0.6 is 0 Å². The molecule has 2 aromatic carbocycles. The van der Waals surface area contributed by atoms with E-state index in [2.05, 4.69) is 36.5 Å². The molecule has 17 heavy (non-hydrogen) atoms. The number of para-hydroxylation sites is 1. The molecule has 0 fully saturated rings. The van der Waals surface area contributed by atoms with Crippen molar-refractivity contribution in [1.29, 1.82) is 0 Å². The van der Waals surface area contributed by atoms with Crippen molar-refractivity contribution in [3.05, 3.63) is 53.6 Å². The third kappa shape index (κ3) is 2.59. The first-order valence-corrected chi connectivity index (χ1v) is 5.91. The van der Waals surface area contributed by atoms with E-state index in [-0.39, 0.29) is 0 Å². The van der Waals surface area contributed by atoms with Crippen molar-refractivity contribution in [1.82, 2.24) is 0 Å². The van der Waals surface area contributed by atoms with Gasteiger partial charge in [0.2, 0.25) is 0 Å². The summed E-state index contributed by atoms with van der Waals surface area (Å²) < 4.78 is 0. The van der Waals surface area contributed by atoms with Crippen LogP contribution in [0, 0.1) is 6.92 Å². The molecule has 88 valence electrons. The molecule has 2 aromatic rings. The highest BCUT2D eigenvalue weighted by atomic mass is 14.9. The van der Waals surface area contributed by atoms with Crippen molar-refractivity contribution in [2.45, 2.75) is 20.3 Å². The average molecular weight is 226 g/mol. The van der Waals surface area contributed by atoms with Crippen molar-refractivity contribution in [3.8, 4) is 0 Å². The summed E-state index contributed by atoms with van der Waals surface area (Å²) in [5, 5.41) is 3.44. The number of rotatable bonds is 3. The van der Waals surface area contributed by atoms with Crippen molar-refractivity contribution >= 4 is 17.1 Å². The van der Waals surface area contributed by atoms with E-state index in [9.17, 15) is 0 Å². The van der Waals surface area contributed by atoms with Gasteiger partial charge in [-0.25, -0.2) is 0 Å². The maximum absolute atomic E-state index is 5.81. The van der Waals surface area contributed by atoms with Crippen molar-refractivity contribution in [2.75, 3.05) is 11.1 Å².